The number of hydrogen-bond donors (Lipinski definition) is 1. The third-order valence-electron chi connectivity index (χ3n) is 5.96. The number of nitrogens with zero attached hydrogens (tertiary/aromatic N) is 4. The summed E-state index contributed by atoms with van der Waals surface area (Å²) in [5.74, 6) is 1.55. The molecular weight excluding hydrogens is 390 g/mol. The van der Waals surface area contributed by atoms with E-state index in [4.69, 9.17) is 5.10 Å². The average molecular weight is 420 g/mol. The van der Waals surface area contributed by atoms with Gasteiger partial charge < -0.3 is 5.32 Å². The van der Waals surface area contributed by atoms with Crippen LogP contribution in [-0.2, 0) is 0 Å². The molecule has 156 valence electrons. The van der Waals surface area contributed by atoms with Crippen molar-refractivity contribution in [1.82, 2.24) is 19.9 Å². The molecule has 1 N–H and O–H groups in total. The van der Waals surface area contributed by atoms with Gasteiger partial charge in [-0.15, -0.1) is 0 Å². The average Bonchev–Trinajstić information content (AvgIpc) is 3.19. The van der Waals surface area contributed by atoms with E-state index >= 15 is 0 Å². The molecular formula is C24H29N5S. The molecule has 0 saturated carbocycles. The second-order valence-electron chi connectivity index (χ2n) is 7.91. The number of nitriles is 1. The van der Waals surface area contributed by atoms with Gasteiger partial charge >= 0.3 is 0 Å². The third-order valence-corrected chi connectivity index (χ3v) is 7.24. The van der Waals surface area contributed by atoms with Crippen LogP contribution in [0.5, 0.6) is 0 Å². The summed E-state index contributed by atoms with van der Waals surface area (Å²) < 4.78 is 1.97. The Hall–Kier alpha value is -2.36. The third kappa shape index (κ3) is 4.10. The van der Waals surface area contributed by atoms with Gasteiger partial charge in [0, 0.05) is 48.2 Å². The van der Waals surface area contributed by atoms with Crippen LogP contribution < -0.4 is 5.32 Å². The van der Waals surface area contributed by atoms with Gasteiger partial charge in [0.05, 0.1) is 5.52 Å². The lowest BCUT2D eigenvalue weighted by Crippen LogP contribution is -2.28. The minimum Gasteiger partial charge on any atom is -0.314 e. The number of fused-ring (bicyclic) bond motifs is 1. The molecule has 0 radical (unpaired) electrons. The van der Waals surface area contributed by atoms with Crippen molar-refractivity contribution in [2.24, 2.45) is 0 Å². The standard InChI is InChI=1S/C24H29N5S/c1-3-5-7-17(4-2)20-12-19(22-15-27-10-11-30-22)16-29-24(20)21(13-25)23(28-29)18-8-6-9-26-14-18/h6,8-9,12,14,16-17,22,27H,3-5,7,10-11,15H2,1-2H3. The van der Waals surface area contributed by atoms with Gasteiger partial charge in [0.1, 0.15) is 17.3 Å². The first-order valence-electron chi connectivity index (χ1n) is 11.0. The van der Waals surface area contributed by atoms with Gasteiger partial charge in [0.2, 0.25) is 0 Å². The van der Waals surface area contributed by atoms with Crippen LogP contribution in [-0.4, -0.2) is 33.4 Å². The molecule has 1 saturated heterocycles. The molecule has 6 heteroatoms. The lowest BCUT2D eigenvalue weighted by molar-refractivity contribution is 0.569. The topological polar surface area (TPSA) is 66.0 Å². The highest BCUT2D eigenvalue weighted by atomic mass is 32.2. The van der Waals surface area contributed by atoms with Crippen molar-refractivity contribution in [2.45, 2.75) is 50.7 Å². The van der Waals surface area contributed by atoms with Crippen molar-refractivity contribution in [3.05, 3.63) is 53.5 Å². The van der Waals surface area contributed by atoms with Gasteiger partial charge in [-0.25, -0.2) is 4.52 Å². The van der Waals surface area contributed by atoms with E-state index in [0.717, 1.165) is 48.5 Å². The molecule has 1 fully saturated rings. The van der Waals surface area contributed by atoms with E-state index in [2.05, 4.69) is 42.5 Å². The molecule has 0 aromatic carbocycles. The van der Waals surface area contributed by atoms with Crippen molar-refractivity contribution >= 4 is 17.3 Å². The van der Waals surface area contributed by atoms with E-state index in [-0.39, 0.29) is 0 Å². The van der Waals surface area contributed by atoms with Crippen LogP contribution in [0.3, 0.4) is 0 Å². The zero-order chi connectivity index (χ0) is 20.9. The van der Waals surface area contributed by atoms with E-state index in [0.29, 0.717) is 16.7 Å². The minimum absolute atomic E-state index is 0.419. The molecule has 3 aromatic heterocycles. The summed E-state index contributed by atoms with van der Waals surface area (Å²) in [4.78, 5) is 4.24. The molecule has 0 bridgehead atoms. The number of hydrogen-bond acceptors (Lipinski definition) is 5. The molecule has 2 unspecified atom stereocenters. The zero-order valence-electron chi connectivity index (χ0n) is 17.8. The van der Waals surface area contributed by atoms with Crippen LogP contribution in [0.4, 0.5) is 0 Å². The number of pyridine rings is 2. The molecule has 30 heavy (non-hydrogen) atoms. The Morgan fingerprint density at radius 2 is 2.30 bits per heavy atom. The Labute approximate surface area is 182 Å². The van der Waals surface area contributed by atoms with Crippen LogP contribution in [0.2, 0.25) is 0 Å². The highest BCUT2D eigenvalue weighted by molar-refractivity contribution is 7.99. The van der Waals surface area contributed by atoms with Crippen molar-refractivity contribution in [3.63, 3.8) is 0 Å². The quantitative estimate of drug-likeness (QED) is 0.561. The Balaban J connectivity index is 1.92. The van der Waals surface area contributed by atoms with Gasteiger partial charge in [-0.2, -0.15) is 22.1 Å². The first-order valence-corrected chi connectivity index (χ1v) is 12.0. The van der Waals surface area contributed by atoms with Gasteiger partial charge in [-0.3, -0.25) is 4.98 Å². The second kappa shape index (κ2) is 9.63. The minimum atomic E-state index is 0.419. The fourth-order valence-corrected chi connectivity index (χ4v) is 5.44. The fraction of sp³-hybridized carbons (Fsp3) is 0.458. The zero-order valence-corrected chi connectivity index (χ0v) is 18.6. The number of aromatic nitrogens is 3. The molecule has 3 aromatic rings. The van der Waals surface area contributed by atoms with E-state index in [1.54, 1.807) is 12.4 Å². The molecule has 0 aliphatic carbocycles. The molecule has 1 aliphatic rings. The Morgan fingerprint density at radius 3 is 2.97 bits per heavy atom. The molecule has 4 heterocycles. The SMILES string of the molecule is CCCCC(CC)c1cc(C2CNCCS2)cn2nc(-c3cccnc3)c(C#N)c12. The number of nitrogens with one attached hydrogen (secondary N) is 1. The van der Waals surface area contributed by atoms with Crippen LogP contribution in [0.15, 0.2) is 36.8 Å². The summed E-state index contributed by atoms with van der Waals surface area (Å²) in [7, 11) is 0. The molecule has 2 atom stereocenters. The predicted molar refractivity (Wildman–Crippen MR) is 124 cm³/mol. The summed E-state index contributed by atoms with van der Waals surface area (Å²) in [6.07, 6.45) is 10.3. The summed E-state index contributed by atoms with van der Waals surface area (Å²) in [5, 5.41) is 18.9. The van der Waals surface area contributed by atoms with Crippen LogP contribution >= 0.6 is 11.8 Å². The van der Waals surface area contributed by atoms with Crippen molar-refractivity contribution in [1.29, 1.82) is 5.26 Å². The fourth-order valence-electron chi connectivity index (χ4n) is 4.34. The summed E-state index contributed by atoms with van der Waals surface area (Å²) in [6.45, 7) is 6.53. The Kier molecular flexibility index (Phi) is 6.71. The molecule has 0 spiro atoms. The first-order chi connectivity index (χ1) is 14.8. The van der Waals surface area contributed by atoms with Gasteiger partial charge in [-0.1, -0.05) is 32.8 Å². The monoisotopic (exact) mass is 419 g/mol. The summed E-state index contributed by atoms with van der Waals surface area (Å²) >= 11 is 2.01. The van der Waals surface area contributed by atoms with E-state index < -0.39 is 0 Å². The Morgan fingerprint density at radius 1 is 1.40 bits per heavy atom. The van der Waals surface area contributed by atoms with Crippen molar-refractivity contribution in [3.8, 4) is 17.3 Å². The van der Waals surface area contributed by atoms with Crippen molar-refractivity contribution in [2.75, 3.05) is 18.8 Å². The van der Waals surface area contributed by atoms with Gasteiger partial charge in [0.15, 0.2) is 0 Å². The number of rotatable bonds is 7. The normalized spacial score (nSPS) is 17.7. The first kappa shape index (κ1) is 20.9. The molecule has 1 aliphatic heterocycles. The smallest absolute Gasteiger partial charge is 0.113 e. The second-order valence-corrected chi connectivity index (χ2v) is 9.22. The maximum absolute atomic E-state index is 10.1. The van der Waals surface area contributed by atoms with E-state index in [9.17, 15) is 5.26 Å². The molecule has 4 rings (SSSR count). The van der Waals surface area contributed by atoms with Crippen LogP contribution in [0.25, 0.3) is 16.8 Å². The van der Waals surface area contributed by atoms with E-state index in [1.807, 2.05) is 28.4 Å². The summed E-state index contributed by atoms with van der Waals surface area (Å²) in [6, 6.07) is 8.70. The molecule has 0 amide bonds. The molecule has 5 nitrogen and oxygen atoms in total. The van der Waals surface area contributed by atoms with Gasteiger partial charge in [0.25, 0.3) is 0 Å². The van der Waals surface area contributed by atoms with Gasteiger partial charge in [-0.05, 0) is 42.0 Å². The van der Waals surface area contributed by atoms with E-state index in [1.165, 1.54) is 24.0 Å². The number of unbranched alkanes of at least 4 members (excludes halogenated alkanes) is 1. The maximum atomic E-state index is 10.1. The lowest BCUT2D eigenvalue weighted by Gasteiger charge is -2.25. The number of thioether (sulfide) groups is 1. The van der Waals surface area contributed by atoms with Crippen molar-refractivity contribution < 1.29 is 0 Å². The highest BCUT2D eigenvalue weighted by Gasteiger charge is 2.25. The highest BCUT2D eigenvalue weighted by Crippen LogP contribution is 2.38. The van der Waals surface area contributed by atoms with Crippen LogP contribution in [0, 0.1) is 11.3 Å². The lowest BCUT2D eigenvalue weighted by atomic mass is 9.88. The van der Waals surface area contributed by atoms with Crippen LogP contribution in [0.1, 0.15) is 67.4 Å². The maximum Gasteiger partial charge on any atom is 0.113 e. The largest absolute Gasteiger partial charge is 0.314 e. The summed E-state index contributed by atoms with van der Waals surface area (Å²) in [5.41, 5.74) is 5.82. The predicted octanol–water partition coefficient (Wildman–Crippen LogP) is 5.33. The Bertz CT molecular complexity index is 1030.